The quantitative estimate of drug-likeness (QED) is 0.586. The van der Waals surface area contributed by atoms with Gasteiger partial charge in [-0.15, -0.1) is 6.58 Å². The van der Waals surface area contributed by atoms with Gasteiger partial charge in [-0.1, -0.05) is 35.9 Å². The second-order valence-corrected chi connectivity index (χ2v) is 7.14. The Morgan fingerprint density at radius 2 is 1.96 bits per heavy atom. The molecule has 0 spiro atoms. The first kappa shape index (κ1) is 19.4. The van der Waals surface area contributed by atoms with Gasteiger partial charge in [0.15, 0.2) is 5.17 Å². The van der Waals surface area contributed by atoms with Crippen LogP contribution >= 0.6 is 11.8 Å². The number of amides is 1. The topological polar surface area (TPSA) is 90.2 Å². The maximum Gasteiger partial charge on any atom is 0.338 e. The number of nitrogens with zero attached hydrogens (tertiary/aromatic N) is 2. The minimum absolute atomic E-state index is 0.143. The van der Waals surface area contributed by atoms with E-state index in [9.17, 15) is 19.8 Å². The van der Waals surface area contributed by atoms with E-state index in [-0.39, 0.29) is 29.5 Å². The zero-order chi connectivity index (χ0) is 20.3. The van der Waals surface area contributed by atoms with Crippen molar-refractivity contribution in [1.82, 2.24) is 4.90 Å². The number of rotatable bonds is 5. The summed E-state index contributed by atoms with van der Waals surface area (Å²) in [7, 11) is 0. The monoisotopic (exact) mass is 394 g/mol. The van der Waals surface area contributed by atoms with Crippen LogP contribution in [0, 0.1) is 6.92 Å². The molecule has 0 radical (unpaired) electrons. The number of benzene rings is 2. The first-order valence-electron chi connectivity index (χ1n) is 8.43. The summed E-state index contributed by atoms with van der Waals surface area (Å²) in [6.45, 7) is 5.90. The molecule has 1 amide bonds. The minimum Gasteiger partial charge on any atom is -0.508 e. The third-order valence-corrected chi connectivity index (χ3v) is 5.01. The van der Waals surface area contributed by atoms with E-state index in [1.165, 1.54) is 28.8 Å². The molecule has 28 heavy (non-hydrogen) atoms. The van der Waals surface area contributed by atoms with Gasteiger partial charge in [-0.05, 0) is 48.5 Å². The zero-order valence-electron chi connectivity index (χ0n) is 15.1. The van der Waals surface area contributed by atoms with Crippen molar-refractivity contribution in [2.45, 2.75) is 6.92 Å². The smallest absolute Gasteiger partial charge is 0.338 e. The highest BCUT2D eigenvalue weighted by Gasteiger charge is 2.33. The van der Waals surface area contributed by atoms with Crippen molar-refractivity contribution < 1.29 is 19.8 Å². The molecule has 2 N–H and O–H groups in total. The maximum atomic E-state index is 12.8. The maximum absolute atomic E-state index is 12.8. The summed E-state index contributed by atoms with van der Waals surface area (Å²) in [6.07, 6.45) is 3.36. The predicted octanol–water partition coefficient (Wildman–Crippen LogP) is 4.19. The fraction of sp³-hybridized carbons (Fsp3) is 0.0952. The Labute approximate surface area is 166 Å². The lowest BCUT2D eigenvalue weighted by Gasteiger charge is -2.13. The van der Waals surface area contributed by atoms with Crippen LogP contribution in [-0.4, -0.2) is 38.7 Å². The van der Waals surface area contributed by atoms with E-state index in [0.717, 1.165) is 17.2 Å². The molecule has 142 valence electrons. The number of aliphatic imine (C=N–C) groups is 1. The Kier molecular flexibility index (Phi) is 5.65. The molecule has 0 aliphatic carbocycles. The van der Waals surface area contributed by atoms with Crippen LogP contribution < -0.4 is 0 Å². The molecule has 1 aliphatic rings. The molecule has 3 rings (SSSR count). The van der Waals surface area contributed by atoms with Crippen LogP contribution in [0.1, 0.15) is 21.5 Å². The van der Waals surface area contributed by atoms with E-state index >= 15 is 0 Å². The van der Waals surface area contributed by atoms with Crippen molar-refractivity contribution >= 4 is 40.6 Å². The second-order valence-electron chi connectivity index (χ2n) is 6.13. The first-order valence-corrected chi connectivity index (χ1v) is 9.24. The standard InChI is InChI=1S/C21H18N2O4S/c1-3-10-23-19(25)18(11-14-6-4-13(2)5-7-14)28-21(23)22-17-9-8-15(24)12-16(17)20(26)27/h3-9,11-12,24H,1,10H2,2H3,(H,26,27)/b18-11-,22-21?. The number of hydrogen-bond donors (Lipinski definition) is 2. The summed E-state index contributed by atoms with van der Waals surface area (Å²) < 4.78 is 0. The number of thioether (sulfide) groups is 1. The number of carboxylic acids is 1. The molecular weight excluding hydrogens is 376 g/mol. The number of aromatic hydroxyl groups is 1. The summed E-state index contributed by atoms with van der Waals surface area (Å²) in [5.74, 6) is -1.60. The molecule has 1 aliphatic heterocycles. The number of phenols is 1. The van der Waals surface area contributed by atoms with Gasteiger partial charge >= 0.3 is 5.97 Å². The third kappa shape index (κ3) is 4.15. The number of carboxylic acid groups (broad SMARTS) is 1. The Hall–Kier alpha value is -3.32. The summed E-state index contributed by atoms with van der Waals surface area (Å²) in [6, 6.07) is 11.7. The molecule has 6 nitrogen and oxygen atoms in total. The predicted molar refractivity (Wildman–Crippen MR) is 111 cm³/mol. The first-order chi connectivity index (χ1) is 13.4. The van der Waals surface area contributed by atoms with Crippen molar-refractivity contribution in [3.63, 3.8) is 0 Å². The largest absolute Gasteiger partial charge is 0.508 e. The van der Waals surface area contributed by atoms with Gasteiger partial charge in [0.05, 0.1) is 16.2 Å². The lowest BCUT2D eigenvalue weighted by Crippen LogP contribution is -2.29. The van der Waals surface area contributed by atoms with Gasteiger partial charge in [-0.2, -0.15) is 0 Å². The van der Waals surface area contributed by atoms with Crippen LogP contribution in [0.3, 0.4) is 0 Å². The van der Waals surface area contributed by atoms with Crippen LogP contribution in [0.15, 0.2) is 65.0 Å². The van der Waals surface area contributed by atoms with Gasteiger partial charge in [-0.25, -0.2) is 9.79 Å². The van der Waals surface area contributed by atoms with Gasteiger partial charge in [0, 0.05) is 6.54 Å². The van der Waals surface area contributed by atoms with Crippen molar-refractivity contribution in [1.29, 1.82) is 0 Å². The number of amidine groups is 1. The van der Waals surface area contributed by atoms with Gasteiger partial charge in [-0.3, -0.25) is 9.69 Å². The van der Waals surface area contributed by atoms with E-state index in [0.29, 0.717) is 10.1 Å². The molecule has 1 heterocycles. The number of carbonyl (C=O) groups is 2. The van der Waals surface area contributed by atoms with Crippen LogP contribution in [0.5, 0.6) is 5.75 Å². The second kappa shape index (κ2) is 8.14. The van der Waals surface area contributed by atoms with Crippen LogP contribution in [0.25, 0.3) is 6.08 Å². The van der Waals surface area contributed by atoms with Crippen LogP contribution in [-0.2, 0) is 4.79 Å². The molecule has 1 fully saturated rings. The molecule has 1 saturated heterocycles. The number of phenolic OH excluding ortho intramolecular Hbond substituents is 1. The SMILES string of the molecule is C=CCN1C(=O)/C(=C/c2ccc(C)cc2)SC1=Nc1ccc(O)cc1C(=O)O. The zero-order valence-corrected chi connectivity index (χ0v) is 15.9. The van der Waals surface area contributed by atoms with Crippen molar-refractivity contribution in [2.24, 2.45) is 4.99 Å². The van der Waals surface area contributed by atoms with Crippen molar-refractivity contribution in [3.05, 3.63) is 76.7 Å². The van der Waals surface area contributed by atoms with E-state index in [2.05, 4.69) is 11.6 Å². The number of aromatic carboxylic acids is 1. The van der Waals surface area contributed by atoms with Gasteiger partial charge in [0.25, 0.3) is 5.91 Å². The number of hydrogen-bond acceptors (Lipinski definition) is 5. The molecular formula is C21H18N2O4S. The fourth-order valence-corrected chi connectivity index (χ4v) is 3.59. The summed E-state index contributed by atoms with van der Waals surface area (Å²) >= 11 is 1.17. The average molecular weight is 394 g/mol. The van der Waals surface area contributed by atoms with E-state index < -0.39 is 5.97 Å². The normalized spacial score (nSPS) is 16.8. The number of carbonyl (C=O) groups excluding carboxylic acids is 1. The minimum atomic E-state index is -1.21. The average Bonchev–Trinajstić information content (AvgIpc) is 2.94. The Balaban J connectivity index is 2.01. The summed E-state index contributed by atoms with van der Waals surface area (Å²) in [5, 5.41) is 19.3. The van der Waals surface area contributed by atoms with Gasteiger partial charge in [0.2, 0.25) is 0 Å². The molecule has 7 heteroatoms. The van der Waals surface area contributed by atoms with Crippen LogP contribution in [0.4, 0.5) is 5.69 Å². The molecule has 0 unspecified atom stereocenters. The summed E-state index contributed by atoms with van der Waals surface area (Å²) in [5.41, 5.74) is 2.02. The lowest BCUT2D eigenvalue weighted by atomic mass is 10.1. The van der Waals surface area contributed by atoms with E-state index in [1.807, 2.05) is 31.2 Å². The van der Waals surface area contributed by atoms with E-state index in [4.69, 9.17) is 0 Å². The Morgan fingerprint density at radius 3 is 2.61 bits per heavy atom. The molecule has 0 saturated carbocycles. The molecule has 0 bridgehead atoms. The Bertz CT molecular complexity index is 1010. The van der Waals surface area contributed by atoms with Crippen molar-refractivity contribution in [2.75, 3.05) is 6.54 Å². The molecule has 2 aromatic rings. The van der Waals surface area contributed by atoms with Gasteiger partial charge in [0.1, 0.15) is 5.75 Å². The molecule has 2 aromatic carbocycles. The molecule has 0 aromatic heterocycles. The molecule has 0 atom stereocenters. The van der Waals surface area contributed by atoms with Gasteiger partial charge < -0.3 is 10.2 Å². The Morgan fingerprint density at radius 1 is 1.25 bits per heavy atom. The highest BCUT2D eigenvalue weighted by molar-refractivity contribution is 8.18. The third-order valence-electron chi connectivity index (χ3n) is 4.00. The van der Waals surface area contributed by atoms with Crippen molar-refractivity contribution in [3.8, 4) is 5.75 Å². The van der Waals surface area contributed by atoms with E-state index in [1.54, 1.807) is 12.2 Å². The fourth-order valence-electron chi connectivity index (χ4n) is 2.59. The highest BCUT2D eigenvalue weighted by atomic mass is 32.2. The van der Waals surface area contributed by atoms with Crippen LogP contribution in [0.2, 0.25) is 0 Å². The number of aryl methyl sites for hydroxylation is 1. The highest BCUT2D eigenvalue weighted by Crippen LogP contribution is 2.35. The summed E-state index contributed by atoms with van der Waals surface area (Å²) in [4.78, 5) is 30.6. The lowest BCUT2D eigenvalue weighted by molar-refractivity contribution is -0.121.